The van der Waals surface area contributed by atoms with Crippen LogP contribution in [0.2, 0.25) is 0 Å². The Hall–Kier alpha value is -3.68. The molecule has 6 rings (SSSR count). The van der Waals surface area contributed by atoms with Gasteiger partial charge in [-0.05, 0) is 49.1 Å². The average Bonchev–Trinajstić information content (AvgIpc) is 3.39. The highest BCUT2D eigenvalue weighted by Gasteiger charge is 2.31. The lowest BCUT2D eigenvalue weighted by molar-refractivity contribution is 0.202. The summed E-state index contributed by atoms with van der Waals surface area (Å²) in [4.78, 5) is 42.0. The molecule has 34 heavy (non-hydrogen) atoms. The first kappa shape index (κ1) is 20.9. The first-order valence-electron chi connectivity index (χ1n) is 12.1. The number of rotatable bonds is 4. The lowest BCUT2D eigenvalue weighted by Crippen LogP contribution is -2.35. The first-order valence-corrected chi connectivity index (χ1v) is 12.1. The molecule has 2 amide bonds. The Balaban J connectivity index is 1.30. The predicted molar refractivity (Wildman–Crippen MR) is 133 cm³/mol. The standard InChI is InChI=1S/C26H28N6O2/c1-30-16-20(19-8-5-11-27-24(19)30)23-25(33)29-22-14-18(9-10-21(22)28-23)32-13-12-31(26(32)34)15-17-6-3-2-4-7-17/h5,8-11,14,16-17H,2-4,6-7,12-13,15H2,1H3,(H,29,33). The number of carbonyl (C=O) groups excluding carboxylic acids is 1. The minimum Gasteiger partial charge on any atom is -0.335 e. The SMILES string of the molecule is Cn1cc(-c2nc3ccc(N4CCN(CC5CCCCC5)C4=O)cc3[nH]c2=O)c2cccnc21. The summed E-state index contributed by atoms with van der Waals surface area (Å²) in [7, 11) is 1.91. The van der Waals surface area contributed by atoms with Gasteiger partial charge in [0.1, 0.15) is 11.3 Å². The molecule has 3 aromatic heterocycles. The molecular formula is C26H28N6O2. The smallest absolute Gasteiger partial charge is 0.324 e. The number of anilines is 1. The first-order chi connectivity index (χ1) is 16.6. The van der Waals surface area contributed by atoms with Crippen molar-refractivity contribution >= 4 is 33.8 Å². The largest absolute Gasteiger partial charge is 0.335 e. The third kappa shape index (κ3) is 3.54. The van der Waals surface area contributed by atoms with E-state index in [2.05, 4.69) is 15.0 Å². The van der Waals surface area contributed by atoms with Crippen molar-refractivity contribution in [1.82, 2.24) is 24.4 Å². The van der Waals surface area contributed by atoms with E-state index in [4.69, 9.17) is 0 Å². The van der Waals surface area contributed by atoms with Gasteiger partial charge in [0.25, 0.3) is 5.56 Å². The molecule has 0 bridgehead atoms. The van der Waals surface area contributed by atoms with Gasteiger partial charge in [0, 0.05) is 55.7 Å². The maximum atomic E-state index is 13.1. The highest BCUT2D eigenvalue weighted by Crippen LogP contribution is 2.30. The summed E-state index contributed by atoms with van der Waals surface area (Å²) >= 11 is 0. The molecule has 0 unspecified atom stereocenters. The van der Waals surface area contributed by atoms with Crippen LogP contribution < -0.4 is 10.5 Å². The van der Waals surface area contributed by atoms with E-state index >= 15 is 0 Å². The summed E-state index contributed by atoms with van der Waals surface area (Å²) in [6.45, 7) is 2.26. The van der Waals surface area contributed by atoms with Crippen LogP contribution in [-0.2, 0) is 7.05 Å². The fourth-order valence-corrected chi connectivity index (χ4v) is 5.50. The number of aryl methyl sites for hydroxylation is 1. The number of H-pyrrole nitrogens is 1. The molecule has 0 spiro atoms. The molecule has 4 heterocycles. The number of hydrogen-bond acceptors (Lipinski definition) is 4. The van der Waals surface area contributed by atoms with Gasteiger partial charge in [-0.3, -0.25) is 9.69 Å². The van der Waals surface area contributed by atoms with E-state index in [-0.39, 0.29) is 11.6 Å². The molecule has 1 aromatic carbocycles. The average molecular weight is 457 g/mol. The van der Waals surface area contributed by atoms with Crippen molar-refractivity contribution in [3.05, 3.63) is 53.1 Å². The summed E-state index contributed by atoms with van der Waals surface area (Å²) in [6.07, 6.45) is 9.95. The number of urea groups is 1. The van der Waals surface area contributed by atoms with Crippen LogP contribution in [0.1, 0.15) is 32.1 Å². The van der Waals surface area contributed by atoms with E-state index in [1.807, 2.05) is 57.9 Å². The lowest BCUT2D eigenvalue weighted by Gasteiger charge is -2.26. The van der Waals surface area contributed by atoms with Crippen LogP contribution in [0.15, 0.2) is 47.5 Å². The van der Waals surface area contributed by atoms with Crippen LogP contribution in [0.5, 0.6) is 0 Å². The summed E-state index contributed by atoms with van der Waals surface area (Å²) < 4.78 is 1.90. The van der Waals surface area contributed by atoms with Gasteiger partial charge in [0.2, 0.25) is 0 Å². The molecule has 2 fully saturated rings. The molecule has 1 saturated heterocycles. The Labute approximate surface area is 197 Å². The van der Waals surface area contributed by atoms with E-state index in [9.17, 15) is 9.59 Å². The fraction of sp³-hybridized carbons (Fsp3) is 0.385. The minimum atomic E-state index is -0.257. The molecule has 0 radical (unpaired) electrons. The van der Waals surface area contributed by atoms with Gasteiger partial charge in [-0.15, -0.1) is 0 Å². The van der Waals surface area contributed by atoms with Gasteiger partial charge in [-0.2, -0.15) is 0 Å². The second kappa shape index (κ2) is 8.27. The van der Waals surface area contributed by atoms with Gasteiger partial charge in [0.05, 0.1) is 11.0 Å². The molecule has 174 valence electrons. The summed E-state index contributed by atoms with van der Waals surface area (Å²) in [5.74, 6) is 0.623. The van der Waals surface area contributed by atoms with Crippen molar-refractivity contribution in [2.24, 2.45) is 13.0 Å². The number of carbonyl (C=O) groups is 1. The van der Waals surface area contributed by atoms with E-state index in [1.165, 1.54) is 32.1 Å². The van der Waals surface area contributed by atoms with E-state index in [0.29, 0.717) is 29.2 Å². The zero-order chi connectivity index (χ0) is 23.2. The highest BCUT2D eigenvalue weighted by molar-refractivity contribution is 5.97. The number of aromatic nitrogens is 4. The van der Waals surface area contributed by atoms with Crippen molar-refractivity contribution in [3.8, 4) is 11.3 Å². The van der Waals surface area contributed by atoms with Gasteiger partial charge < -0.3 is 14.5 Å². The summed E-state index contributed by atoms with van der Waals surface area (Å²) in [5, 5.41) is 0.889. The van der Waals surface area contributed by atoms with Crippen molar-refractivity contribution in [1.29, 1.82) is 0 Å². The van der Waals surface area contributed by atoms with Crippen molar-refractivity contribution < 1.29 is 4.79 Å². The zero-order valence-electron chi connectivity index (χ0n) is 19.3. The number of nitrogens with one attached hydrogen (secondary N) is 1. The molecule has 1 N–H and O–H groups in total. The third-order valence-corrected chi connectivity index (χ3v) is 7.27. The molecule has 8 heteroatoms. The molecule has 0 atom stereocenters. The number of nitrogens with zero attached hydrogens (tertiary/aromatic N) is 5. The topological polar surface area (TPSA) is 87.1 Å². The predicted octanol–water partition coefficient (Wildman–Crippen LogP) is 4.30. The number of pyridine rings is 1. The van der Waals surface area contributed by atoms with E-state index in [1.54, 1.807) is 6.20 Å². The fourth-order valence-electron chi connectivity index (χ4n) is 5.50. The Bertz CT molecular complexity index is 1450. The monoisotopic (exact) mass is 456 g/mol. The number of hydrogen-bond donors (Lipinski definition) is 1. The molecular weight excluding hydrogens is 428 g/mol. The highest BCUT2D eigenvalue weighted by atomic mass is 16.2. The van der Waals surface area contributed by atoms with Gasteiger partial charge in [-0.25, -0.2) is 14.8 Å². The van der Waals surface area contributed by atoms with Crippen LogP contribution in [0.3, 0.4) is 0 Å². The second-order valence-corrected chi connectivity index (χ2v) is 9.53. The zero-order valence-corrected chi connectivity index (χ0v) is 19.3. The Morgan fingerprint density at radius 2 is 1.94 bits per heavy atom. The van der Waals surface area contributed by atoms with Gasteiger partial charge in [-0.1, -0.05) is 19.3 Å². The minimum absolute atomic E-state index is 0.0557. The maximum Gasteiger partial charge on any atom is 0.324 e. The summed E-state index contributed by atoms with van der Waals surface area (Å²) in [5.41, 5.74) is 3.78. The quantitative estimate of drug-likeness (QED) is 0.496. The molecule has 4 aromatic rings. The molecule has 8 nitrogen and oxygen atoms in total. The van der Waals surface area contributed by atoms with Crippen molar-refractivity contribution in [2.45, 2.75) is 32.1 Å². The van der Waals surface area contributed by atoms with E-state index in [0.717, 1.165) is 35.4 Å². The number of aromatic amines is 1. The van der Waals surface area contributed by atoms with Crippen LogP contribution in [0.4, 0.5) is 10.5 Å². The number of fused-ring (bicyclic) bond motifs is 2. The molecule has 1 saturated carbocycles. The Morgan fingerprint density at radius 3 is 2.79 bits per heavy atom. The Morgan fingerprint density at radius 1 is 1.09 bits per heavy atom. The molecule has 1 aliphatic heterocycles. The third-order valence-electron chi connectivity index (χ3n) is 7.27. The van der Waals surface area contributed by atoms with Crippen molar-refractivity contribution in [2.75, 3.05) is 24.5 Å². The van der Waals surface area contributed by atoms with Crippen LogP contribution >= 0.6 is 0 Å². The maximum absolute atomic E-state index is 13.1. The lowest BCUT2D eigenvalue weighted by atomic mass is 9.89. The van der Waals surface area contributed by atoms with Gasteiger partial charge in [0.15, 0.2) is 0 Å². The normalized spacial score (nSPS) is 17.4. The summed E-state index contributed by atoms with van der Waals surface area (Å²) in [6, 6.07) is 9.52. The molecule has 1 aliphatic carbocycles. The van der Waals surface area contributed by atoms with Crippen molar-refractivity contribution in [3.63, 3.8) is 0 Å². The van der Waals surface area contributed by atoms with Crippen LogP contribution in [0.25, 0.3) is 33.3 Å². The number of benzene rings is 1. The second-order valence-electron chi connectivity index (χ2n) is 9.53. The Kier molecular flexibility index (Phi) is 5.08. The van der Waals surface area contributed by atoms with Gasteiger partial charge >= 0.3 is 6.03 Å². The van der Waals surface area contributed by atoms with E-state index < -0.39 is 0 Å². The van der Waals surface area contributed by atoms with Crippen LogP contribution in [0, 0.1) is 5.92 Å². The number of amides is 2. The van der Waals surface area contributed by atoms with Crippen LogP contribution in [-0.4, -0.2) is 50.1 Å². The molecule has 2 aliphatic rings.